The second-order valence-corrected chi connectivity index (χ2v) is 6.12. The Bertz CT molecular complexity index is 857. The molecule has 22 heavy (non-hydrogen) atoms. The van der Waals surface area contributed by atoms with Crippen LogP contribution in [-0.2, 0) is 4.79 Å². The molecular weight excluding hydrogens is 294 g/mol. The Morgan fingerprint density at radius 1 is 1.18 bits per heavy atom. The molecule has 1 atom stereocenters. The van der Waals surface area contributed by atoms with Crippen molar-refractivity contribution in [2.75, 3.05) is 5.32 Å². The molecular formula is C17H13N3OS. The van der Waals surface area contributed by atoms with E-state index in [2.05, 4.69) is 21.4 Å². The van der Waals surface area contributed by atoms with Gasteiger partial charge in [-0.3, -0.25) is 9.78 Å². The molecule has 3 heterocycles. The highest BCUT2D eigenvalue weighted by molar-refractivity contribution is 7.13. The summed E-state index contributed by atoms with van der Waals surface area (Å²) in [6.45, 7) is 1.92. The predicted octanol–water partition coefficient (Wildman–Crippen LogP) is 3.93. The molecule has 108 valence electrons. The highest BCUT2D eigenvalue weighted by Gasteiger charge is 2.26. The lowest BCUT2D eigenvalue weighted by atomic mass is 10.00. The summed E-state index contributed by atoms with van der Waals surface area (Å²) >= 11 is 1.58. The number of benzene rings is 1. The highest BCUT2D eigenvalue weighted by Crippen LogP contribution is 2.36. The fourth-order valence-electron chi connectivity index (χ4n) is 2.59. The summed E-state index contributed by atoms with van der Waals surface area (Å²) in [6.07, 6.45) is 1.77. The Labute approximate surface area is 131 Å². The summed E-state index contributed by atoms with van der Waals surface area (Å²) in [5.41, 5.74) is 4.77. The van der Waals surface area contributed by atoms with Gasteiger partial charge in [0.1, 0.15) is 5.01 Å². The quantitative estimate of drug-likeness (QED) is 0.780. The Balaban J connectivity index is 1.72. The van der Waals surface area contributed by atoms with Gasteiger partial charge in [0.05, 0.1) is 17.3 Å². The van der Waals surface area contributed by atoms with E-state index in [1.807, 2.05) is 42.6 Å². The first-order chi connectivity index (χ1) is 10.7. The average molecular weight is 307 g/mol. The SMILES string of the molecule is C[C@H]1C(=O)Nc2ccc(-c3csc(-c4ccccn4)n3)cc21. The summed E-state index contributed by atoms with van der Waals surface area (Å²) < 4.78 is 0. The van der Waals surface area contributed by atoms with Crippen LogP contribution >= 0.6 is 11.3 Å². The number of thiazole rings is 1. The molecule has 0 spiro atoms. The summed E-state index contributed by atoms with van der Waals surface area (Å²) in [4.78, 5) is 20.7. The van der Waals surface area contributed by atoms with Crippen LogP contribution in [0.1, 0.15) is 18.4 Å². The van der Waals surface area contributed by atoms with Gasteiger partial charge in [-0.25, -0.2) is 4.98 Å². The second-order valence-electron chi connectivity index (χ2n) is 5.27. The maximum atomic E-state index is 11.7. The summed E-state index contributed by atoms with van der Waals surface area (Å²) in [5, 5.41) is 5.82. The first kappa shape index (κ1) is 13.2. The minimum absolute atomic E-state index is 0.0552. The first-order valence-corrected chi connectivity index (χ1v) is 7.92. The van der Waals surface area contributed by atoms with Crippen LogP contribution in [0.4, 0.5) is 5.69 Å². The Hall–Kier alpha value is -2.53. The smallest absolute Gasteiger partial charge is 0.231 e. The number of carbonyl (C=O) groups is 1. The van der Waals surface area contributed by atoms with Crippen LogP contribution in [0.25, 0.3) is 22.0 Å². The zero-order valence-electron chi connectivity index (χ0n) is 11.9. The third-order valence-electron chi connectivity index (χ3n) is 3.85. The van der Waals surface area contributed by atoms with E-state index in [4.69, 9.17) is 0 Å². The first-order valence-electron chi connectivity index (χ1n) is 7.04. The van der Waals surface area contributed by atoms with E-state index in [1.165, 1.54) is 0 Å². The molecule has 1 amide bonds. The number of hydrogen-bond acceptors (Lipinski definition) is 4. The number of amides is 1. The van der Waals surface area contributed by atoms with Crippen LogP contribution in [0, 0.1) is 0 Å². The van der Waals surface area contributed by atoms with E-state index in [0.717, 1.165) is 33.2 Å². The molecule has 0 fully saturated rings. The minimum atomic E-state index is -0.108. The van der Waals surface area contributed by atoms with Gasteiger partial charge in [-0.1, -0.05) is 12.1 Å². The molecule has 5 heteroatoms. The average Bonchev–Trinajstić information content (AvgIpc) is 3.14. The number of hydrogen-bond donors (Lipinski definition) is 1. The molecule has 4 rings (SSSR count). The van der Waals surface area contributed by atoms with Gasteiger partial charge < -0.3 is 5.32 Å². The topological polar surface area (TPSA) is 54.9 Å². The number of carbonyl (C=O) groups excluding carboxylic acids is 1. The third-order valence-corrected chi connectivity index (χ3v) is 4.72. The van der Waals surface area contributed by atoms with Gasteiger partial charge in [-0.15, -0.1) is 11.3 Å². The lowest BCUT2D eigenvalue weighted by Gasteiger charge is -2.03. The van der Waals surface area contributed by atoms with Crippen LogP contribution in [-0.4, -0.2) is 15.9 Å². The fourth-order valence-corrected chi connectivity index (χ4v) is 3.39. The summed E-state index contributed by atoms with van der Waals surface area (Å²) in [5.74, 6) is -0.0524. The molecule has 1 aliphatic rings. The summed E-state index contributed by atoms with van der Waals surface area (Å²) in [6, 6.07) is 11.8. The lowest BCUT2D eigenvalue weighted by molar-refractivity contribution is -0.116. The van der Waals surface area contributed by atoms with E-state index in [0.29, 0.717) is 0 Å². The molecule has 0 bridgehead atoms. The minimum Gasteiger partial charge on any atom is -0.325 e. The molecule has 1 aliphatic heterocycles. The van der Waals surface area contributed by atoms with Crippen LogP contribution in [0.5, 0.6) is 0 Å². The van der Waals surface area contributed by atoms with Crippen molar-refractivity contribution in [2.45, 2.75) is 12.8 Å². The number of fused-ring (bicyclic) bond motifs is 1. The zero-order chi connectivity index (χ0) is 15.1. The Kier molecular flexibility index (Phi) is 3.01. The van der Waals surface area contributed by atoms with Crippen molar-refractivity contribution >= 4 is 22.9 Å². The number of nitrogens with one attached hydrogen (secondary N) is 1. The van der Waals surface area contributed by atoms with Gasteiger partial charge in [-0.2, -0.15) is 0 Å². The monoisotopic (exact) mass is 307 g/mol. The molecule has 0 unspecified atom stereocenters. The highest BCUT2D eigenvalue weighted by atomic mass is 32.1. The van der Waals surface area contributed by atoms with Crippen LogP contribution in [0.3, 0.4) is 0 Å². The van der Waals surface area contributed by atoms with Gasteiger partial charge in [0, 0.05) is 22.8 Å². The van der Waals surface area contributed by atoms with Crippen molar-refractivity contribution in [2.24, 2.45) is 0 Å². The van der Waals surface area contributed by atoms with Crippen LogP contribution in [0.15, 0.2) is 48.0 Å². The molecule has 2 aromatic heterocycles. The standard InChI is InChI=1S/C17H13N3OS/c1-10-12-8-11(5-6-13(12)19-16(10)21)15-9-22-17(20-15)14-4-2-3-7-18-14/h2-10H,1H3,(H,19,21)/t10-/m1/s1. The van der Waals surface area contributed by atoms with Crippen molar-refractivity contribution in [3.8, 4) is 22.0 Å². The fraction of sp³-hybridized carbons (Fsp3) is 0.118. The van der Waals surface area contributed by atoms with Crippen molar-refractivity contribution in [3.05, 3.63) is 53.5 Å². The maximum Gasteiger partial charge on any atom is 0.231 e. The molecule has 3 aromatic rings. The van der Waals surface area contributed by atoms with Gasteiger partial charge >= 0.3 is 0 Å². The van der Waals surface area contributed by atoms with Crippen LogP contribution < -0.4 is 5.32 Å². The van der Waals surface area contributed by atoms with Gasteiger partial charge in [0.25, 0.3) is 0 Å². The molecule has 4 nitrogen and oxygen atoms in total. The molecule has 0 aliphatic carbocycles. The van der Waals surface area contributed by atoms with E-state index in [1.54, 1.807) is 17.5 Å². The van der Waals surface area contributed by atoms with Crippen molar-refractivity contribution in [1.82, 2.24) is 9.97 Å². The lowest BCUT2D eigenvalue weighted by Crippen LogP contribution is -2.08. The number of aromatic nitrogens is 2. The Morgan fingerprint density at radius 3 is 2.91 bits per heavy atom. The molecule has 1 aromatic carbocycles. The molecule has 0 saturated heterocycles. The zero-order valence-corrected chi connectivity index (χ0v) is 12.7. The Morgan fingerprint density at radius 2 is 2.09 bits per heavy atom. The molecule has 0 radical (unpaired) electrons. The largest absolute Gasteiger partial charge is 0.325 e. The number of pyridine rings is 1. The normalized spacial score (nSPS) is 16.4. The molecule has 1 N–H and O–H groups in total. The second kappa shape index (κ2) is 5.03. The maximum absolute atomic E-state index is 11.7. The van der Waals surface area contributed by atoms with Gasteiger partial charge in [0.2, 0.25) is 5.91 Å². The number of nitrogens with zero attached hydrogens (tertiary/aromatic N) is 2. The van der Waals surface area contributed by atoms with Crippen molar-refractivity contribution in [1.29, 1.82) is 0 Å². The third kappa shape index (κ3) is 2.10. The van der Waals surface area contributed by atoms with E-state index >= 15 is 0 Å². The summed E-state index contributed by atoms with van der Waals surface area (Å²) in [7, 11) is 0. The number of rotatable bonds is 2. The van der Waals surface area contributed by atoms with Crippen LogP contribution in [0.2, 0.25) is 0 Å². The van der Waals surface area contributed by atoms with E-state index < -0.39 is 0 Å². The number of anilines is 1. The van der Waals surface area contributed by atoms with Gasteiger partial charge in [-0.05, 0) is 36.8 Å². The predicted molar refractivity (Wildman–Crippen MR) is 87.8 cm³/mol. The van der Waals surface area contributed by atoms with E-state index in [9.17, 15) is 4.79 Å². The van der Waals surface area contributed by atoms with Crippen molar-refractivity contribution < 1.29 is 4.79 Å². The van der Waals surface area contributed by atoms with Crippen molar-refractivity contribution in [3.63, 3.8) is 0 Å². The molecule has 0 saturated carbocycles. The van der Waals surface area contributed by atoms with Gasteiger partial charge in [0.15, 0.2) is 0 Å². The van der Waals surface area contributed by atoms with E-state index in [-0.39, 0.29) is 11.8 Å².